The SMILES string of the molecule is NOC(=O)C1(N)CCC1. The average molecular weight is 130 g/mol. The molecule has 0 saturated heterocycles. The van der Waals surface area contributed by atoms with Crippen LogP contribution in [0.2, 0.25) is 0 Å². The molecule has 1 aliphatic rings. The minimum absolute atomic E-state index is 0.492. The molecule has 4 nitrogen and oxygen atoms in total. The minimum atomic E-state index is -0.755. The standard InChI is InChI=1S/C5H10N2O2/c6-5(2-1-3-5)4(8)9-7/h1-3,6-7H2. The van der Waals surface area contributed by atoms with Crippen molar-refractivity contribution in [3.05, 3.63) is 0 Å². The van der Waals surface area contributed by atoms with E-state index in [1.54, 1.807) is 0 Å². The average Bonchev–Trinajstić information content (AvgIpc) is 1.81. The Bertz CT molecular complexity index is 131. The molecule has 0 unspecified atom stereocenters. The molecule has 1 saturated carbocycles. The fraction of sp³-hybridized carbons (Fsp3) is 0.800. The second kappa shape index (κ2) is 1.97. The van der Waals surface area contributed by atoms with Crippen LogP contribution in [0.5, 0.6) is 0 Å². The van der Waals surface area contributed by atoms with Crippen LogP contribution in [0.25, 0.3) is 0 Å². The molecule has 0 heterocycles. The molecule has 0 bridgehead atoms. The lowest BCUT2D eigenvalue weighted by atomic mass is 9.78. The number of hydrogen-bond acceptors (Lipinski definition) is 4. The van der Waals surface area contributed by atoms with Gasteiger partial charge >= 0.3 is 5.97 Å². The second-order valence-electron chi connectivity index (χ2n) is 2.42. The van der Waals surface area contributed by atoms with Gasteiger partial charge in [-0.15, -0.1) is 0 Å². The molecule has 0 amide bonds. The molecule has 0 aromatic heterocycles. The summed E-state index contributed by atoms with van der Waals surface area (Å²) in [6.07, 6.45) is 2.39. The fourth-order valence-electron chi connectivity index (χ4n) is 0.879. The number of carbonyl (C=O) groups excluding carboxylic acids is 1. The van der Waals surface area contributed by atoms with Gasteiger partial charge in [-0.1, -0.05) is 0 Å². The summed E-state index contributed by atoms with van der Waals surface area (Å²) in [5, 5.41) is 0. The van der Waals surface area contributed by atoms with Gasteiger partial charge in [0.25, 0.3) is 0 Å². The van der Waals surface area contributed by atoms with Gasteiger partial charge in [0.05, 0.1) is 0 Å². The number of hydrogen-bond donors (Lipinski definition) is 2. The highest BCUT2D eigenvalue weighted by atomic mass is 16.7. The van der Waals surface area contributed by atoms with Gasteiger partial charge in [0.2, 0.25) is 0 Å². The topological polar surface area (TPSA) is 78.3 Å². The van der Waals surface area contributed by atoms with Crippen molar-refractivity contribution in [2.45, 2.75) is 24.8 Å². The zero-order valence-corrected chi connectivity index (χ0v) is 5.09. The number of rotatable bonds is 1. The summed E-state index contributed by atoms with van der Waals surface area (Å²) in [6.45, 7) is 0. The highest BCUT2D eigenvalue weighted by Gasteiger charge is 2.41. The van der Waals surface area contributed by atoms with Crippen LogP contribution in [0.15, 0.2) is 0 Å². The zero-order chi connectivity index (χ0) is 6.91. The lowest BCUT2D eigenvalue weighted by Crippen LogP contribution is -2.55. The van der Waals surface area contributed by atoms with Gasteiger partial charge in [-0.2, -0.15) is 5.90 Å². The molecular formula is C5H10N2O2. The van der Waals surface area contributed by atoms with E-state index in [0.717, 1.165) is 6.42 Å². The van der Waals surface area contributed by atoms with Crippen LogP contribution < -0.4 is 11.6 Å². The lowest BCUT2D eigenvalue weighted by Gasteiger charge is -2.33. The van der Waals surface area contributed by atoms with Crippen LogP contribution in [0.3, 0.4) is 0 Å². The van der Waals surface area contributed by atoms with Crippen LogP contribution in [-0.2, 0) is 9.63 Å². The maximum Gasteiger partial charge on any atom is 0.344 e. The smallest absolute Gasteiger partial charge is 0.344 e. The highest BCUT2D eigenvalue weighted by molar-refractivity contribution is 5.81. The van der Waals surface area contributed by atoms with Crippen LogP contribution in [-0.4, -0.2) is 11.5 Å². The third kappa shape index (κ3) is 0.906. The summed E-state index contributed by atoms with van der Waals surface area (Å²) < 4.78 is 0. The monoisotopic (exact) mass is 130 g/mol. The highest BCUT2D eigenvalue weighted by Crippen LogP contribution is 2.29. The van der Waals surface area contributed by atoms with Gasteiger partial charge in [0.1, 0.15) is 5.54 Å². The zero-order valence-electron chi connectivity index (χ0n) is 5.09. The van der Waals surface area contributed by atoms with Crippen molar-refractivity contribution in [2.24, 2.45) is 11.6 Å². The van der Waals surface area contributed by atoms with Crippen LogP contribution in [0.4, 0.5) is 0 Å². The Morgan fingerprint density at radius 2 is 2.11 bits per heavy atom. The summed E-state index contributed by atoms with van der Waals surface area (Å²) in [7, 11) is 0. The van der Waals surface area contributed by atoms with E-state index in [0.29, 0.717) is 12.8 Å². The van der Waals surface area contributed by atoms with Gasteiger partial charge in [-0.3, -0.25) is 0 Å². The van der Waals surface area contributed by atoms with Crippen LogP contribution >= 0.6 is 0 Å². The summed E-state index contributed by atoms with van der Waals surface area (Å²) in [6, 6.07) is 0. The first-order chi connectivity index (χ1) is 4.19. The predicted molar refractivity (Wildman–Crippen MR) is 31.0 cm³/mol. The van der Waals surface area contributed by atoms with Crippen molar-refractivity contribution in [3.63, 3.8) is 0 Å². The van der Waals surface area contributed by atoms with E-state index in [9.17, 15) is 4.79 Å². The molecule has 1 rings (SSSR count). The predicted octanol–water partition coefficient (Wildman–Crippen LogP) is -0.715. The lowest BCUT2D eigenvalue weighted by molar-refractivity contribution is -0.154. The Labute approximate surface area is 53.1 Å². The first-order valence-corrected chi connectivity index (χ1v) is 2.89. The van der Waals surface area contributed by atoms with E-state index in [1.807, 2.05) is 0 Å². The van der Waals surface area contributed by atoms with E-state index in [2.05, 4.69) is 10.7 Å². The maximum absolute atomic E-state index is 10.6. The Kier molecular flexibility index (Phi) is 1.42. The third-order valence-corrected chi connectivity index (χ3v) is 1.76. The van der Waals surface area contributed by atoms with Gasteiger partial charge < -0.3 is 10.6 Å². The van der Waals surface area contributed by atoms with Crippen molar-refractivity contribution in [1.82, 2.24) is 0 Å². The molecule has 0 radical (unpaired) electrons. The van der Waals surface area contributed by atoms with Gasteiger partial charge in [-0.25, -0.2) is 4.79 Å². The Morgan fingerprint density at radius 3 is 2.22 bits per heavy atom. The number of carbonyl (C=O) groups is 1. The largest absolute Gasteiger partial charge is 0.372 e. The van der Waals surface area contributed by atoms with E-state index in [-0.39, 0.29) is 0 Å². The summed E-state index contributed by atoms with van der Waals surface area (Å²) in [4.78, 5) is 14.6. The third-order valence-electron chi connectivity index (χ3n) is 1.76. The molecule has 4 heteroatoms. The summed E-state index contributed by atoms with van der Waals surface area (Å²) in [5.74, 6) is 4.15. The Balaban J connectivity index is 2.49. The maximum atomic E-state index is 10.6. The molecule has 0 aromatic rings. The van der Waals surface area contributed by atoms with Crippen molar-refractivity contribution >= 4 is 5.97 Å². The van der Waals surface area contributed by atoms with E-state index in [1.165, 1.54) is 0 Å². The molecule has 1 aliphatic carbocycles. The quantitative estimate of drug-likeness (QED) is 0.459. The van der Waals surface area contributed by atoms with Crippen LogP contribution in [0, 0.1) is 0 Å². The number of nitrogens with two attached hydrogens (primary N) is 2. The molecule has 0 spiro atoms. The normalized spacial score (nSPS) is 22.4. The van der Waals surface area contributed by atoms with Crippen LogP contribution in [0.1, 0.15) is 19.3 Å². The molecule has 0 aliphatic heterocycles. The molecule has 9 heavy (non-hydrogen) atoms. The van der Waals surface area contributed by atoms with Crippen molar-refractivity contribution in [2.75, 3.05) is 0 Å². The van der Waals surface area contributed by atoms with Gasteiger partial charge in [0.15, 0.2) is 0 Å². The molecular weight excluding hydrogens is 120 g/mol. The summed E-state index contributed by atoms with van der Waals surface area (Å²) in [5.41, 5.74) is 4.75. The molecule has 0 aromatic carbocycles. The molecule has 4 N–H and O–H groups in total. The van der Waals surface area contributed by atoms with Crippen molar-refractivity contribution in [1.29, 1.82) is 0 Å². The first-order valence-electron chi connectivity index (χ1n) is 2.89. The van der Waals surface area contributed by atoms with E-state index >= 15 is 0 Å². The van der Waals surface area contributed by atoms with E-state index in [4.69, 9.17) is 5.73 Å². The molecule has 52 valence electrons. The minimum Gasteiger partial charge on any atom is -0.372 e. The van der Waals surface area contributed by atoms with Crippen molar-refractivity contribution in [3.8, 4) is 0 Å². The van der Waals surface area contributed by atoms with Crippen molar-refractivity contribution < 1.29 is 9.63 Å². The molecule has 0 atom stereocenters. The Hall–Kier alpha value is -0.610. The second-order valence-corrected chi connectivity index (χ2v) is 2.42. The summed E-state index contributed by atoms with van der Waals surface area (Å²) >= 11 is 0. The van der Waals surface area contributed by atoms with Gasteiger partial charge in [-0.05, 0) is 19.3 Å². The Morgan fingerprint density at radius 1 is 1.56 bits per heavy atom. The van der Waals surface area contributed by atoms with E-state index < -0.39 is 11.5 Å². The fourth-order valence-corrected chi connectivity index (χ4v) is 0.879. The van der Waals surface area contributed by atoms with Gasteiger partial charge in [0, 0.05) is 0 Å². The molecule has 1 fully saturated rings. The first kappa shape index (κ1) is 6.51.